The Morgan fingerprint density at radius 1 is 1.33 bits per heavy atom. The molecular weight excluding hydrogens is 234 g/mol. The van der Waals surface area contributed by atoms with Crippen LogP contribution in [0.5, 0.6) is 5.75 Å². The molecule has 0 aliphatic heterocycles. The smallest absolute Gasteiger partial charge is 0.325 e. The fraction of sp³-hybridized carbons (Fsp3) is 0.385. The third-order valence-electron chi connectivity index (χ3n) is 2.50. The van der Waals surface area contributed by atoms with E-state index in [0.29, 0.717) is 5.75 Å². The Labute approximate surface area is 106 Å². The molecule has 0 spiro atoms. The molecule has 98 valence electrons. The molecule has 1 aromatic rings. The van der Waals surface area contributed by atoms with Crippen LogP contribution in [0.2, 0.25) is 0 Å². The monoisotopic (exact) mass is 251 g/mol. The molecule has 5 nitrogen and oxygen atoms in total. The van der Waals surface area contributed by atoms with E-state index in [2.05, 4.69) is 5.32 Å². The number of carboxylic acids is 1. The van der Waals surface area contributed by atoms with Gasteiger partial charge in [-0.15, -0.1) is 0 Å². The number of para-hydroxylation sites is 1. The van der Waals surface area contributed by atoms with Crippen molar-refractivity contribution in [3.05, 3.63) is 29.3 Å². The Hall–Kier alpha value is -2.04. The number of ether oxygens (including phenoxy) is 1. The van der Waals surface area contributed by atoms with E-state index in [1.165, 1.54) is 6.92 Å². The Kier molecular flexibility index (Phi) is 4.71. The first-order valence-electron chi connectivity index (χ1n) is 5.63. The summed E-state index contributed by atoms with van der Waals surface area (Å²) in [7, 11) is 0. The Bertz CT molecular complexity index is 436. The van der Waals surface area contributed by atoms with E-state index in [-0.39, 0.29) is 6.61 Å². The van der Waals surface area contributed by atoms with Gasteiger partial charge in [0.2, 0.25) is 0 Å². The van der Waals surface area contributed by atoms with E-state index in [1.807, 2.05) is 32.0 Å². The number of aliphatic carboxylic acids is 1. The lowest BCUT2D eigenvalue weighted by atomic mass is 10.1. The lowest BCUT2D eigenvalue weighted by molar-refractivity contribution is -0.141. The normalized spacial score (nSPS) is 11.7. The molecule has 1 aromatic carbocycles. The molecule has 0 saturated carbocycles. The fourth-order valence-electron chi connectivity index (χ4n) is 1.51. The van der Waals surface area contributed by atoms with Gasteiger partial charge in [0, 0.05) is 0 Å². The molecule has 1 rings (SSSR count). The summed E-state index contributed by atoms with van der Waals surface area (Å²) in [5.74, 6) is -0.862. The lowest BCUT2D eigenvalue weighted by Crippen LogP contribution is -2.40. The average Bonchev–Trinajstić information content (AvgIpc) is 2.28. The third-order valence-corrected chi connectivity index (χ3v) is 2.50. The summed E-state index contributed by atoms with van der Waals surface area (Å²) in [6.45, 7) is 4.99. The second-order valence-electron chi connectivity index (χ2n) is 4.14. The maximum Gasteiger partial charge on any atom is 0.325 e. The van der Waals surface area contributed by atoms with Crippen LogP contribution in [0.4, 0.5) is 0 Å². The van der Waals surface area contributed by atoms with Gasteiger partial charge < -0.3 is 15.2 Å². The number of amides is 1. The molecule has 0 bridgehead atoms. The van der Waals surface area contributed by atoms with Gasteiger partial charge in [-0.25, -0.2) is 0 Å². The predicted molar refractivity (Wildman–Crippen MR) is 66.7 cm³/mol. The molecule has 0 radical (unpaired) electrons. The molecule has 0 saturated heterocycles. The number of aryl methyl sites for hydroxylation is 2. The van der Waals surface area contributed by atoms with Gasteiger partial charge in [-0.2, -0.15) is 0 Å². The number of carbonyl (C=O) groups excluding carboxylic acids is 1. The summed E-state index contributed by atoms with van der Waals surface area (Å²) in [5, 5.41) is 11.0. The molecule has 5 heteroatoms. The van der Waals surface area contributed by atoms with Crippen molar-refractivity contribution in [1.82, 2.24) is 5.32 Å². The van der Waals surface area contributed by atoms with Gasteiger partial charge in [0.25, 0.3) is 5.91 Å². The number of rotatable bonds is 5. The second-order valence-corrected chi connectivity index (χ2v) is 4.14. The first-order valence-corrected chi connectivity index (χ1v) is 5.63. The highest BCUT2D eigenvalue weighted by molar-refractivity contribution is 5.84. The predicted octanol–water partition coefficient (Wildman–Crippen LogP) is 1.27. The SMILES string of the molecule is Cc1cccc(C)c1OCC(=O)N[C@@H](C)C(=O)O. The van der Waals surface area contributed by atoms with Gasteiger partial charge >= 0.3 is 5.97 Å². The van der Waals surface area contributed by atoms with Crippen LogP contribution >= 0.6 is 0 Å². The zero-order valence-electron chi connectivity index (χ0n) is 10.7. The quantitative estimate of drug-likeness (QED) is 0.826. The first kappa shape index (κ1) is 14.0. The van der Waals surface area contributed by atoms with Crippen molar-refractivity contribution in [2.45, 2.75) is 26.8 Å². The van der Waals surface area contributed by atoms with Gasteiger partial charge in [0.1, 0.15) is 11.8 Å². The van der Waals surface area contributed by atoms with Gasteiger partial charge in [-0.1, -0.05) is 18.2 Å². The van der Waals surface area contributed by atoms with Crippen LogP contribution in [-0.4, -0.2) is 29.6 Å². The summed E-state index contributed by atoms with van der Waals surface area (Å²) in [5.41, 5.74) is 1.88. The minimum Gasteiger partial charge on any atom is -0.483 e. The molecule has 0 aliphatic rings. The van der Waals surface area contributed by atoms with Gasteiger partial charge in [0.15, 0.2) is 6.61 Å². The summed E-state index contributed by atoms with van der Waals surface area (Å²) < 4.78 is 5.41. The average molecular weight is 251 g/mol. The largest absolute Gasteiger partial charge is 0.483 e. The molecule has 0 unspecified atom stereocenters. The van der Waals surface area contributed by atoms with Crippen LogP contribution in [0, 0.1) is 13.8 Å². The summed E-state index contributed by atoms with van der Waals surface area (Å²) >= 11 is 0. The van der Waals surface area contributed by atoms with Crippen molar-refractivity contribution in [3.63, 3.8) is 0 Å². The first-order chi connectivity index (χ1) is 8.41. The van der Waals surface area contributed by atoms with Crippen LogP contribution in [-0.2, 0) is 9.59 Å². The molecule has 0 aliphatic carbocycles. The van der Waals surface area contributed by atoms with E-state index < -0.39 is 17.9 Å². The number of nitrogens with one attached hydrogen (secondary N) is 1. The van der Waals surface area contributed by atoms with Crippen LogP contribution in [0.25, 0.3) is 0 Å². The minimum absolute atomic E-state index is 0.191. The zero-order valence-corrected chi connectivity index (χ0v) is 10.7. The van der Waals surface area contributed by atoms with E-state index in [9.17, 15) is 9.59 Å². The Balaban J connectivity index is 2.55. The van der Waals surface area contributed by atoms with Crippen molar-refractivity contribution in [3.8, 4) is 5.75 Å². The maximum atomic E-state index is 11.5. The number of carboxylic acid groups (broad SMARTS) is 1. The topological polar surface area (TPSA) is 75.6 Å². The molecular formula is C13H17NO4. The van der Waals surface area contributed by atoms with E-state index in [0.717, 1.165) is 11.1 Å². The highest BCUT2D eigenvalue weighted by Crippen LogP contribution is 2.21. The van der Waals surface area contributed by atoms with Crippen molar-refractivity contribution >= 4 is 11.9 Å². The lowest BCUT2D eigenvalue weighted by Gasteiger charge is -2.13. The highest BCUT2D eigenvalue weighted by atomic mass is 16.5. The van der Waals surface area contributed by atoms with Gasteiger partial charge in [0.05, 0.1) is 0 Å². The summed E-state index contributed by atoms with van der Waals surface area (Å²) in [6, 6.07) is 4.77. The van der Waals surface area contributed by atoms with Crippen LogP contribution in [0.1, 0.15) is 18.1 Å². The van der Waals surface area contributed by atoms with E-state index >= 15 is 0 Å². The highest BCUT2D eigenvalue weighted by Gasteiger charge is 2.14. The van der Waals surface area contributed by atoms with Gasteiger partial charge in [-0.3, -0.25) is 9.59 Å². The standard InChI is InChI=1S/C13H17NO4/c1-8-5-4-6-9(2)12(8)18-7-11(15)14-10(3)13(16)17/h4-6,10H,7H2,1-3H3,(H,14,15)(H,16,17)/t10-/m0/s1. The third kappa shape index (κ3) is 3.76. The minimum atomic E-state index is -1.07. The molecule has 18 heavy (non-hydrogen) atoms. The second kappa shape index (κ2) is 6.05. The number of hydrogen-bond donors (Lipinski definition) is 2. The Morgan fingerprint density at radius 3 is 2.39 bits per heavy atom. The molecule has 0 aromatic heterocycles. The maximum absolute atomic E-state index is 11.5. The molecule has 0 fully saturated rings. The van der Waals surface area contributed by atoms with Crippen LogP contribution in [0.3, 0.4) is 0 Å². The van der Waals surface area contributed by atoms with Crippen LogP contribution < -0.4 is 10.1 Å². The Morgan fingerprint density at radius 2 is 1.89 bits per heavy atom. The van der Waals surface area contributed by atoms with Crippen molar-refractivity contribution < 1.29 is 19.4 Å². The van der Waals surface area contributed by atoms with E-state index in [1.54, 1.807) is 0 Å². The number of carbonyl (C=O) groups is 2. The summed E-state index contributed by atoms with van der Waals surface area (Å²) in [6.07, 6.45) is 0. The van der Waals surface area contributed by atoms with Crippen molar-refractivity contribution in [1.29, 1.82) is 0 Å². The van der Waals surface area contributed by atoms with Crippen LogP contribution in [0.15, 0.2) is 18.2 Å². The van der Waals surface area contributed by atoms with Gasteiger partial charge in [-0.05, 0) is 31.9 Å². The number of benzene rings is 1. The fourth-order valence-corrected chi connectivity index (χ4v) is 1.51. The molecule has 2 N–H and O–H groups in total. The van der Waals surface area contributed by atoms with Crippen molar-refractivity contribution in [2.24, 2.45) is 0 Å². The molecule has 1 atom stereocenters. The summed E-state index contributed by atoms with van der Waals surface area (Å²) in [4.78, 5) is 22.0. The van der Waals surface area contributed by atoms with E-state index in [4.69, 9.17) is 9.84 Å². The number of hydrogen-bond acceptors (Lipinski definition) is 3. The van der Waals surface area contributed by atoms with Crippen molar-refractivity contribution in [2.75, 3.05) is 6.61 Å². The zero-order chi connectivity index (χ0) is 13.7. The molecule has 0 heterocycles. The molecule has 1 amide bonds.